The van der Waals surface area contributed by atoms with Crippen molar-refractivity contribution in [2.24, 2.45) is 0 Å². The fourth-order valence-corrected chi connectivity index (χ4v) is 1.02. The van der Waals surface area contributed by atoms with Crippen molar-refractivity contribution in [1.29, 1.82) is 0 Å². The van der Waals surface area contributed by atoms with Crippen molar-refractivity contribution in [3.63, 3.8) is 0 Å². The van der Waals surface area contributed by atoms with Gasteiger partial charge in [0.05, 0.1) is 0 Å². The third-order valence-corrected chi connectivity index (χ3v) is 1.53. The van der Waals surface area contributed by atoms with E-state index in [0.29, 0.717) is 19.4 Å². The van der Waals surface area contributed by atoms with Gasteiger partial charge in [-0.2, -0.15) is 0 Å². The van der Waals surface area contributed by atoms with Crippen molar-refractivity contribution in [3.8, 4) is 0 Å². The van der Waals surface area contributed by atoms with E-state index >= 15 is 0 Å². The number of nitrogens with one attached hydrogen (secondary N) is 2. The second-order valence-electron chi connectivity index (χ2n) is 2.33. The molecule has 1 fully saturated rings. The third kappa shape index (κ3) is 1.72. The molecule has 0 bridgehead atoms. The van der Waals surface area contributed by atoms with E-state index in [0.717, 1.165) is 6.42 Å². The van der Waals surface area contributed by atoms with Crippen LogP contribution in [0, 0.1) is 0 Å². The van der Waals surface area contributed by atoms with Crippen LogP contribution in [-0.2, 0) is 9.59 Å². The van der Waals surface area contributed by atoms with Crippen molar-refractivity contribution in [3.05, 3.63) is 0 Å². The van der Waals surface area contributed by atoms with Crippen LogP contribution < -0.4 is 10.6 Å². The average molecular weight is 142 g/mol. The standard InChI is InChI=1S/C6H10N2O2/c9-4-7-3-5-1-2-6(10)8-5/h4-5H,1-3H2,(H,7,9)(H,8,10)/t5-/m0/s1. The van der Waals surface area contributed by atoms with Crippen molar-refractivity contribution >= 4 is 12.3 Å². The van der Waals surface area contributed by atoms with Gasteiger partial charge < -0.3 is 10.6 Å². The smallest absolute Gasteiger partial charge is 0.220 e. The minimum Gasteiger partial charge on any atom is -0.357 e. The van der Waals surface area contributed by atoms with Gasteiger partial charge in [-0.3, -0.25) is 9.59 Å². The van der Waals surface area contributed by atoms with Crippen molar-refractivity contribution in [1.82, 2.24) is 10.6 Å². The lowest BCUT2D eigenvalue weighted by atomic mass is 10.2. The predicted molar refractivity (Wildman–Crippen MR) is 35.2 cm³/mol. The minimum absolute atomic E-state index is 0.0812. The second kappa shape index (κ2) is 3.20. The van der Waals surface area contributed by atoms with Crippen LogP contribution in [-0.4, -0.2) is 24.9 Å². The zero-order valence-electron chi connectivity index (χ0n) is 5.59. The van der Waals surface area contributed by atoms with Crippen molar-refractivity contribution in [2.75, 3.05) is 6.54 Å². The zero-order chi connectivity index (χ0) is 7.40. The SMILES string of the molecule is O=CNC[C@@H]1CCC(=O)N1. The largest absolute Gasteiger partial charge is 0.357 e. The maximum Gasteiger partial charge on any atom is 0.220 e. The molecule has 4 nitrogen and oxygen atoms in total. The van der Waals surface area contributed by atoms with E-state index in [1.54, 1.807) is 0 Å². The lowest BCUT2D eigenvalue weighted by Crippen LogP contribution is -2.34. The molecule has 0 saturated carbocycles. The summed E-state index contributed by atoms with van der Waals surface area (Å²) in [5, 5.41) is 5.24. The molecule has 0 aromatic carbocycles. The van der Waals surface area contributed by atoms with E-state index in [1.807, 2.05) is 0 Å². The Morgan fingerprint density at radius 2 is 2.60 bits per heavy atom. The molecule has 1 aliphatic rings. The molecule has 0 radical (unpaired) electrons. The van der Waals surface area contributed by atoms with Crippen molar-refractivity contribution < 1.29 is 9.59 Å². The van der Waals surface area contributed by atoms with E-state index in [-0.39, 0.29) is 11.9 Å². The van der Waals surface area contributed by atoms with Crippen LogP contribution in [0.15, 0.2) is 0 Å². The normalized spacial score (nSPS) is 24.0. The molecule has 0 aliphatic carbocycles. The van der Waals surface area contributed by atoms with Gasteiger partial charge in [0.2, 0.25) is 12.3 Å². The van der Waals surface area contributed by atoms with Crippen LogP contribution in [0.25, 0.3) is 0 Å². The summed E-state index contributed by atoms with van der Waals surface area (Å²) in [5.74, 6) is 0.0812. The highest BCUT2D eigenvalue weighted by molar-refractivity contribution is 5.78. The number of carbonyl (C=O) groups is 2. The Kier molecular flexibility index (Phi) is 2.25. The van der Waals surface area contributed by atoms with Crippen LogP contribution in [0.2, 0.25) is 0 Å². The van der Waals surface area contributed by atoms with Crippen LogP contribution in [0.4, 0.5) is 0 Å². The predicted octanol–water partition coefficient (Wildman–Crippen LogP) is -0.989. The maximum absolute atomic E-state index is 10.6. The molecule has 2 N–H and O–H groups in total. The molecule has 10 heavy (non-hydrogen) atoms. The molecule has 1 saturated heterocycles. The van der Waals surface area contributed by atoms with Gasteiger partial charge in [0.25, 0.3) is 0 Å². The Labute approximate surface area is 59.0 Å². The molecular weight excluding hydrogens is 132 g/mol. The van der Waals surface area contributed by atoms with Gasteiger partial charge in [0.15, 0.2) is 0 Å². The topological polar surface area (TPSA) is 58.2 Å². The second-order valence-corrected chi connectivity index (χ2v) is 2.33. The van der Waals surface area contributed by atoms with Crippen LogP contribution >= 0.6 is 0 Å². The highest BCUT2D eigenvalue weighted by Crippen LogP contribution is 2.04. The van der Waals surface area contributed by atoms with Gasteiger partial charge in [0.1, 0.15) is 0 Å². The number of hydrogen-bond acceptors (Lipinski definition) is 2. The first-order chi connectivity index (χ1) is 4.83. The molecule has 1 aliphatic heterocycles. The Morgan fingerprint density at radius 3 is 3.10 bits per heavy atom. The van der Waals surface area contributed by atoms with Gasteiger partial charge in [-0.1, -0.05) is 0 Å². The summed E-state index contributed by atoms with van der Waals surface area (Å²) in [4.78, 5) is 20.4. The average Bonchev–Trinajstić information content (AvgIpc) is 2.31. The molecule has 1 atom stereocenters. The molecule has 1 rings (SSSR count). The summed E-state index contributed by atoms with van der Waals surface area (Å²) in [7, 11) is 0. The first-order valence-electron chi connectivity index (χ1n) is 3.29. The molecular formula is C6H10N2O2. The number of amides is 2. The van der Waals surface area contributed by atoms with Gasteiger partial charge in [-0.15, -0.1) is 0 Å². The van der Waals surface area contributed by atoms with Crippen LogP contribution in [0.1, 0.15) is 12.8 Å². The summed E-state index contributed by atoms with van der Waals surface area (Å²) in [5.41, 5.74) is 0. The number of carbonyl (C=O) groups excluding carboxylic acids is 2. The highest BCUT2D eigenvalue weighted by Gasteiger charge is 2.19. The fraction of sp³-hybridized carbons (Fsp3) is 0.667. The van der Waals surface area contributed by atoms with E-state index in [1.165, 1.54) is 0 Å². The molecule has 2 amide bonds. The van der Waals surface area contributed by atoms with Gasteiger partial charge >= 0.3 is 0 Å². The zero-order valence-corrected chi connectivity index (χ0v) is 5.59. The lowest BCUT2D eigenvalue weighted by Gasteiger charge is -2.06. The first-order valence-corrected chi connectivity index (χ1v) is 3.29. The van der Waals surface area contributed by atoms with Crippen molar-refractivity contribution in [2.45, 2.75) is 18.9 Å². The first kappa shape index (κ1) is 7.05. The molecule has 0 aromatic rings. The highest BCUT2D eigenvalue weighted by atomic mass is 16.2. The van der Waals surface area contributed by atoms with E-state index < -0.39 is 0 Å². The van der Waals surface area contributed by atoms with Gasteiger partial charge in [-0.25, -0.2) is 0 Å². The number of rotatable bonds is 3. The molecule has 1 heterocycles. The molecule has 56 valence electrons. The van der Waals surface area contributed by atoms with E-state index in [4.69, 9.17) is 0 Å². The summed E-state index contributed by atoms with van der Waals surface area (Å²) < 4.78 is 0. The summed E-state index contributed by atoms with van der Waals surface area (Å²) >= 11 is 0. The Hall–Kier alpha value is -1.06. The molecule has 0 spiro atoms. The Balaban J connectivity index is 2.18. The quantitative estimate of drug-likeness (QED) is 0.497. The van der Waals surface area contributed by atoms with E-state index in [9.17, 15) is 9.59 Å². The fourth-order valence-electron chi connectivity index (χ4n) is 1.02. The summed E-state index contributed by atoms with van der Waals surface area (Å²) in [6.45, 7) is 0.551. The van der Waals surface area contributed by atoms with Gasteiger partial charge in [-0.05, 0) is 6.42 Å². The molecule has 4 heteroatoms. The van der Waals surface area contributed by atoms with Crippen LogP contribution in [0.3, 0.4) is 0 Å². The number of hydrogen-bond donors (Lipinski definition) is 2. The molecule has 0 aromatic heterocycles. The summed E-state index contributed by atoms with van der Waals surface area (Å²) in [6, 6.07) is 0.151. The lowest BCUT2D eigenvalue weighted by molar-refractivity contribution is -0.119. The summed E-state index contributed by atoms with van der Waals surface area (Å²) in [6.07, 6.45) is 2.06. The maximum atomic E-state index is 10.6. The Bertz CT molecular complexity index is 147. The van der Waals surface area contributed by atoms with Gasteiger partial charge in [0, 0.05) is 19.0 Å². The molecule has 0 unspecified atom stereocenters. The van der Waals surface area contributed by atoms with Crippen LogP contribution in [0.5, 0.6) is 0 Å². The Morgan fingerprint density at radius 1 is 1.80 bits per heavy atom. The van der Waals surface area contributed by atoms with E-state index in [2.05, 4.69) is 10.6 Å². The monoisotopic (exact) mass is 142 g/mol. The third-order valence-electron chi connectivity index (χ3n) is 1.53. The minimum atomic E-state index is 0.0812.